The molecule has 1 fully saturated rings. The number of thiazole rings is 1. The molecule has 2 rings (SSSR count). The van der Waals surface area contributed by atoms with Crippen LogP contribution >= 0.6 is 11.3 Å². The molecule has 1 aromatic rings. The zero-order chi connectivity index (χ0) is 13.8. The predicted octanol–water partition coefficient (Wildman–Crippen LogP) is 2.34. The Bertz CT molecular complexity index is 383. The van der Waals surface area contributed by atoms with Crippen LogP contribution in [0.2, 0.25) is 0 Å². The summed E-state index contributed by atoms with van der Waals surface area (Å²) in [6.45, 7) is 7.61. The maximum Gasteiger partial charge on any atom is 0.185 e. The molecule has 0 bridgehead atoms. The summed E-state index contributed by atoms with van der Waals surface area (Å²) in [7, 11) is 4.36. The number of anilines is 1. The third-order valence-electron chi connectivity index (χ3n) is 3.91. The topological polar surface area (TPSA) is 31.4 Å². The lowest BCUT2D eigenvalue weighted by Crippen LogP contribution is -2.41. The third kappa shape index (κ3) is 3.68. The highest BCUT2D eigenvalue weighted by atomic mass is 32.1. The molecule has 0 aliphatic carbocycles. The number of hydrogen-bond acceptors (Lipinski definition) is 5. The van der Waals surface area contributed by atoms with Crippen molar-refractivity contribution in [2.75, 3.05) is 38.6 Å². The zero-order valence-corrected chi connectivity index (χ0v) is 13.3. The second-order valence-corrected chi connectivity index (χ2v) is 6.55. The van der Waals surface area contributed by atoms with Crippen LogP contribution in [0.3, 0.4) is 0 Å². The predicted molar refractivity (Wildman–Crippen MR) is 83.1 cm³/mol. The monoisotopic (exact) mass is 282 g/mol. The summed E-state index contributed by atoms with van der Waals surface area (Å²) in [5.74, 6) is 0. The SMILES string of the molecule is CCNC(C)c1cnc(N2CCC(N(C)C)CC2)s1. The summed E-state index contributed by atoms with van der Waals surface area (Å²) in [5.41, 5.74) is 0. The van der Waals surface area contributed by atoms with Gasteiger partial charge in [0.25, 0.3) is 0 Å². The molecule has 0 spiro atoms. The fourth-order valence-electron chi connectivity index (χ4n) is 2.60. The zero-order valence-electron chi connectivity index (χ0n) is 12.5. The van der Waals surface area contributed by atoms with Crippen LogP contribution in [0.1, 0.15) is 37.6 Å². The number of hydrogen-bond donors (Lipinski definition) is 1. The standard InChI is InChI=1S/C14H26N4S/c1-5-15-11(2)13-10-16-14(19-13)18-8-6-12(7-9-18)17(3)4/h10-12,15H,5-9H2,1-4H3. The van der Waals surface area contributed by atoms with Crippen LogP contribution in [0.25, 0.3) is 0 Å². The Morgan fingerprint density at radius 3 is 2.74 bits per heavy atom. The normalized spacial score (nSPS) is 19.1. The van der Waals surface area contributed by atoms with E-state index in [1.807, 2.05) is 17.5 Å². The Balaban J connectivity index is 1.93. The summed E-state index contributed by atoms with van der Waals surface area (Å²) in [4.78, 5) is 10.7. The van der Waals surface area contributed by atoms with E-state index >= 15 is 0 Å². The highest BCUT2D eigenvalue weighted by Crippen LogP contribution is 2.29. The van der Waals surface area contributed by atoms with Crippen LogP contribution in [0.4, 0.5) is 5.13 Å². The van der Waals surface area contributed by atoms with Gasteiger partial charge in [0, 0.05) is 36.2 Å². The highest BCUT2D eigenvalue weighted by Gasteiger charge is 2.22. The van der Waals surface area contributed by atoms with Gasteiger partial charge in [-0.3, -0.25) is 0 Å². The van der Waals surface area contributed by atoms with Crippen molar-refractivity contribution < 1.29 is 0 Å². The van der Waals surface area contributed by atoms with Gasteiger partial charge in [0.15, 0.2) is 5.13 Å². The van der Waals surface area contributed by atoms with Gasteiger partial charge in [0.2, 0.25) is 0 Å². The third-order valence-corrected chi connectivity index (χ3v) is 5.15. The van der Waals surface area contributed by atoms with Crippen LogP contribution in [-0.4, -0.2) is 49.7 Å². The van der Waals surface area contributed by atoms with E-state index in [-0.39, 0.29) is 0 Å². The first-order valence-electron chi connectivity index (χ1n) is 7.22. The molecule has 1 saturated heterocycles. The fourth-order valence-corrected chi connectivity index (χ4v) is 3.60. The van der Waals surface area contributed by atoms with Crippen molar-refractivity contribution in [1.82, 2.24) is 15.2 Å². The van der Waals surface area contributed by atoms with Crippen molar-refractivity contribution in [2.24, 2.45) is 0 Å². The molecule has 2 heterocycles. The largest absolute Gasteiger partial charge is 0.348 e. The van der Waals surface area contributed by atoms with Gasteiger partial charge in [0.1, 0.15) is 0 Å². The number of piperidine rings is 1. The molecule has 1 atom stereocenters. The van der Waals surface area contributed by atoms with Crippen molar-refractivity contribution in [3.8, 4) is 0 Å². The van der Waals surface area contributed by atoms with E-state index in [1.54, 1.807) is 0 Å². The molecule has 1 N–H and O–H groups in total. The van der Waals surface area contributed by atoms with E-state index in [2.05, 4.69) is 48.0 Å². The Kier molecular flexibility index (Phi) is 5.19. The molecule has 1 aliphatic rings. The highest BCUT2D eigenvalue weighted by molar-refractivity contribution is 7.15. The molecule has 1 unspecified atom stereocenters. The van der Waals surface area contributed by atoms with Gasteiger partial charge in [-0.1, -0.05) is 6.92 Å². The number of nitrogens with zero attached hydrogens (tertiary/aromatic N) is 3. The second-order valence-electron chi connectivity index (χ2n) is 5.51. The molecule has 5 heteroatoms. The van der Waals surface area contributed by atoms with E-state index in [0.717, 1.165) is 25.7 Å². The minimum absolute atomic E-state index is 0.413. The summed E-state index contributed by atoms with van der Waals surface area (Å²) in [6.07, 6.45) is 4.51. The number of aromatic nitrogens is 1. The van der Waals surface area contributed by atoms with Crippen molar-refractivity contribution in [1.29, 1.82) is 0 Å². The van der Waals surface area contributed by atoms with Crippen LogP contribution in [0, 0.1) is 0 Å². The Morgan fingerprint density at radius 2 is 2.16 bits per heavy atom. The Hall–Kier alpha value is -0.650. The molecule has 19 heavy (non-hydrogen) atoms. The minimum Gasteiger partial charge on any atom is -0.348 e. The molecule has 0 saturated carbocycles. The lowest BCUT2D eigenvalue weighted by molar-refractivity contribution is 0.249. The maximum absolute atomic E-state index is 4.60. The van der Waals surface area contributed by atoms with Gasteiger partial charge in [-0.2, -0.15) is 0 Å². The van der Waals surface area contributed by atoms with Gasteiger partial charge in [0.05, 0.1) is 0 Å². The van der Waals surface area contributed by atoms with Gasteiger partial charge in [-0.25, -0.2) is 4.98 Å². The first kappa shape index (κ1) is 14.8. The van der Waals surface area contributed by atoms with Crippen LogP contribution in [-0.2, 0) is 0 Å². The van der Waals surface area contributed by atoms with Crippen molar-refractivity contribution in [2.45, 2.75) is 38.8 Å². The first-order chi connectivity index (χ1) is 9.11. The van der Waals surface area contributed by atoms with Crippen LogP contribution in [0.15, 0.2) is 6.20 Å². The van der Waals surface area contributed by atoms with Crippen molar-refractivity contribution in [3.63, 3.8) is 0 Å². The fraction of sp³-hybridized carbons (Fsp3) is 0.786. The average Bonchev–Trinajstić information content (AvgIpc) is 2.89. The molecule has 1 aromatic heterocycles. The Labute approximate surface area is 120 Å². The van der Waals surface area contributed by atoms with Gasteiger partial charge >= 0.3 is 0 Å². The molecule has 0 radical (unpaired) electrons. The van der Waals surface area contributed by atoms with Crippen molar-refractivity contribution >= 4 is 16.5 Å². The van der Waals surface area contributed by atoms with Gasteiger partial charge in [-0.05, 0) is 40.4 Å². The Morgan fingerprint density at radius 1 is 1.47 bits per heavy atom. The lowest BCUT2D eigenvalue weighted by Gasteiger charge is -2.35. The van der Waals surface area contributed by atoms with E-state index < -0.39 is 0 Å². The maximum atomic E-state index is 4.60. The van der Waals surface area contributed by atoms with Crippen molar-refractivity contribution in [3.05, 3.63) is 11.1 Å². The molecule has 4 nitrogen and oxygen atoms in total. The van der Waals surface area contributed by atoms with Crippen LogP contribution in [0.5, 0.6) is 0 Å². The molecule has 108 valence electrons. The quantitative estimate of drug-likeness (QED) is 0.898. The summed E-state index contributed by atoms with van der Waals surface area (Å²) in [5, 5.41) is 4.64. The lowest BCUT2D eigenvalue weighted by atomic mass is 10.0. The van der Waals surface area contributed by atoms with E-state index in [0.29, 0.717) is 6.04 Å². The minimum atomic E-state index is 0.413. The van der Waals surface area contributed by atoms with Crippen LogP contribution < -0.4 is 10.2 Å². The van der Waals surface area contributed by atoms with E-state index in [9.17, 15) is 0 Å². The molecular formula is C14H26N4S. The first-order valence-corrected chi connectivity index (χ1v) is 8.04. The second kappa shape index (κ2) is 6.68. The number of nitrogens with one attached hydrogen (secondary N) is 1. The van der Waals surface area contributed by atoms with Gasteiger partial charge < -0.3 is 15.1 Å². The summed E-state index contributed by atoms with van der Waals surface area (Å²) in [6, 6.07) is 1.15. The van der Waals surface area contributed by atoms with E-state index in [1.165, 1.54) is 22.9 Å². The summed E-state index contributed by atoms with van der Waals surface area (Å²) >= 11 is 1.84. The molecular weight excluding hydrogens is 256 g/mol. The average molecular weight is 282 g/mol. The molecule has 1 aliphatic heterocycles. The number of rotatable bonds is 5. The summed E-state index contributed by atoms with van der Waals surface area (Å²) < 4.78 is 0. The molecule has 0 amide bonds. The van der Waals surface area contributed by atoms with E-state index in [4.69, 9.17) is 0 Å². The molecule has 0 aromatic carbocycles. The smallest absolute Gasteiger partial charge is 0.185 e. The van der Waals surface area contributed by atoms with Gasteiger partial charge in [-0.15, -0.1) is 11.3 Å².